The van der Waals surface area contributed by atoms with Gasteiger partial charge in [-0.15, -0.1) is 0 Å². The number of carbonyl (C=O) groups excluding carboxylic acids is 4. The zero-order valence-electron chi connectivity index (χ0n) is 24.9. The summed E-state index contributed by atoms with van der Waals surface area (Å²) in [6.45, 7) is 19.7. The Bertz CT molecular complexity index is 739. The third kappa shape index (κ3) is 13.0. The number of nitrogens with zero attached hydrogens (tertiary/aromatic N) is 2. The van der Waals surface area contributed by atoms with Gasteiger partial charge < -0.3 is 30.7 Å². The van der Waals surface area contributed by atoms with Gasteiger partial charge in [0, 0.05) is 25.2 Å². The number of carbonyl (C=O) groups is 4. The lowest BCUT2D eigenvalue weighted by atomic mass is 10.2. The molecule has 12 nitrogen and oxygen atoms in total. The van der Waals surface area contributed by atoms with Crippen molar-refractivity contribution in [3.8, 4) is 0 Å². The monoisotopic (exact) mass is 542 g/mol. The minimum absolute atomic E-state index is 0.0661. The number of amides is 6. The first-order valence-corrected chi connectivity index (χ1v) is 13.5. The molecule has 0 aromatic rings. The van der Waals surface area contributed by atoms with E-state index in [1.165, 1.54) is 0 Å². The van der Waals surface area contributed by atoms with E-state index in [0.29, 0.717) is 13.1 Å². The summed E-state index contributed by atoms with van der Waals surface area (Å²) in [6.07, 6.45) is 1.93. The molecule has 0 aromatic heterocycles. The summed E-state index contributed by atoms with van der Waals surface area (Å²) in [5.74, 6) is 0. The van der Waals surface area contributed by atoms with Gasteiger partial charge in [0.1, 0.15) is 23.5 Å². The second-order valence-corrected chi connectivity index (χ2v) is 12.2. The van der Waals surface area contributed by atoms with Crippen LogP contribution in [0.2, 0.25) is 0 Å². The molecule has 0 bridgehead atoms. The Kier molecular flexibility index (Phi) is 12.5. The van der Waals surface area contributed by atoms with Crippen molar-refractivity contribution in [2.45, 2.75) is 131 Å². The molecule has 2 heterocycles. The average molecular weight is 543 g/mol. The van der Waals surface area contributed by atoms with Gasteiger partial charge in [-0.05, 0) is 94.9 Å². The molecule has 2 aliphatic rings. The minimum Gasteiger partial charge on any atom is -0.444 e. The van der Waals surface area contributed by atoms with Crippen molar-refractivity contribution in [3.05, 3.63) is 0 Å². The van der Waals surface area contributed by atoms with Crippen LogP contribution in [-0.4, -0.2) is 82.8 Å². The highest BCUT2D eigenvalue weighted by atomic mass is 16.6. The first kappa shape index (κ1) is 33.1. The Balaban J connectivity index is 0.000000380. The molecule has 0 aromatic carbocycles. The average Bonchev–Trinajstić information content (AvgIpc) is 3.34. The topological polar surface area (TPSA) is 141 Å². The fraction of sp³-hybridized carbons (Fsp3) is 0.846. The third-order valence-corrected chi connectivity index (χ3v) is 5.20. The molecule has 0 saturated carbocycles. The highest BCUT2D eigenvalue weighted by molar-refractivity contribution is 5.76. The molecule has 4 N–H and O–H groups in total. The van der Waals surface area contributed by atoms with E-state index in [4.69, 9.17) is 9.47 Å². The molecular weight excluding hydrogens is 492 g/mol. The summed E-state index contributed by atoms with van der Waals surface area (Å²) in [6, 6.07) is -0.376. The van der Waals surface area contributed by atoms with E-state index >= 15 is 0 Å². The maximum atomic E-state index is 12.0. The molecule has 2 aliphatic heterocycles. The van der Waals surface area contributed by atoms with E-state index in [0.717, 1.165) is 25.7 Å². The van der Waals surface area contributed by atoms with Gasteiger partial charge in [0.15, 0.2) is 0 Å². The SMILES string of the molecule is CC(C)NC(=O)N[C@@H]1CCCN1C(=O)OC(C)(C)C.CC(C)NC(=O)N[C@H]1CCCN1C(=O)OC(C)(C)C. The quantitative estimate of drug-likeness (QED) is 0.421. The number of ether oxygens (including phenoxy) is 2. The van der Waals surface area contributed by atoms with Gasteiger partial charge in [0.25, 0.3) is 0 Å². The molecule has 2 saturated heterocycles. The zero-order valence-corrected chi connectivity index (χ0v) is 24.9. The molecule has 2 fully saturated rings. The second-order valence-electron chi connectivity index (χ2n) is 12.2. The van der Waals surface area contributed by atoms with Crippen LogP contribution in [0.5, 0.6) is 0 Å². The van der Waals surface area contributed by atoms with Crippen molar-refractivity contribution in [3.63, 3.8) is 0 Å². The van der Waals surface area contributed by atoms with E-state index in [2.05, 4.69) is 21.3 Å². The Morgan fingerprint density at radius 1 is 0.658 bits per heavy atom. The van der Waals surface area contributed by atoms with Crippen LogP contribution in [0.25, 0.3) is 0 Å². The molecule has 0 radical (unpaired) electrons. The van der Waals surface area contributed by atoms with E-state index in [9.17, 15) is 19.2 Å². The van der Waals surface area contributed by atoms with Crippen LogP contribution >= 0.6 is 0 Å². The highest BCUT2D eigenvalue weighted by Crippen LogP contribution is 2.20. The highest BCUT2D eigenvalue weighted by Gasteiger charge is 2.34. The standard InChI is InChI=1S/2C13H25N3O3/c2*1-9(2)14-11(17)15-10-7-6-8-16(10)12(18)19-13(3,4)5/h2*9-10H,6-8H2,1-5H3,(H2,14,15,17)/t2*10-/m10/s1. The summed E-state index contributed by atoms with van der Waals surface area (Å²) < 4.78 is 10.7. The summed E-state index contributed by atoms with van der Waals surface area (Å²) in [5, 5.41) is 11.1. The van der Waals surface area contributed by atoms with Crippen molar-refractivity contribution < 1.29 is 28.7 Å². The van der Waals surface area contributed by atoms with Crippen LogP contribution < -0.4 is 21.3 Å². The number of nitrogens with one attached hydrogen (secondary N) is 4. The van der Waals surface area contributed by atoms with Crippen LogP contribution in [0.1, 0.15) is 94.9 Å². The van der Waals surface area contributed by atoms with Crippen LogP contribution in [0.4, 0.5) is 19.2 Å². The first-order valence-electron chi connectivity index (χ1n) is 13.5. The molecule has 2 atom stereocenters. The van der Waals surface area contributed by atoms with Gasteiger partial charge >= 0.3 is 24.2 Å². The van der Waals surface area contributed by atoms with Gasteiger partial charge in [0.05, 0.1) is 0 Å². The van der Waals surface area contributed by atoms with Crippen LogP contribution in [0, 0.1) is 0 Å². The van der Waals surface area contributed by atoms with E-state index in [1.54, 1.807) is 9.80 Å². The lowest BCUT2D eigenvalue weighted by Crippen LogP contribution is -2.52. The molecular formula is C26H50N6O6. The number of urea groups is 2. The maximum Gasteiger partial charge on any atom is 0.411 e. The summed E-state index contributed by atoms with van der Waals surface area (Å²) in [7, 11) is 0. The Morgan fingerprint density at radius 3 is 1.24 bits per heavy atom. The van der Waals surface area contributed by atoms with Gasteiger partial charge in [0.2, 0.25) is 0 Å². The molecule has 12 heteroatoms. The summed E-state index contributed by atoms with van der Waals surface area (Å²) in [4.78, 5) is 50.5. The number of likely N-dealkylation sites (tertiary alicyclic amines) is 2. The smallest absolute Gasteiger partial charge is 0.411 e. The number of hydrogen-bond acceptors (Lipinski definition) is 6. The zero-order chi connectivity index (χ0) is 29.3. The van der Waals surface area contributed by atoms with Crippen molar-refractivity contribution >= 4 is 24.2 Å². The summed E-state index contributed by atoms with van der Waals surface area (Å²) in [5.41, 5.74) is -1.05. The largest absolute Gasteiger partial charge is 0.444 e. The van der Waals surface area contributed by atoms with E-state index in [1.807, 2.05) is 69.2 Å². The normalized spacial score (nSPS) is 19.5. The van der Waals surface area contributed by atoms with E-state index < -0.39 is 11.2 Å². The van der Waals surface area contributed by atoms with Gasteiger partial charge in [-0.1, -0.05) is 0 Å². The third-order valence-electron chi connectivity index (χ3n) is 5.20. The first-order chi connectivity index (χ1) is 17.4. The van der Waals surface area contributed by atoms with Crippen LogP contribution in [0.15, 0.2) is 0 Å². The molecule has 0 unspecified atom stereocenters. The van der Waals surface area contributed by atoms with Crippen LogP contribution in [-0.2, 0) is 9.47 Å². The molecule has 0 spiro atoms. The Morgan fingerprint density at radius 2 is 0.974 bits per heavy atom. The lowest BCUT2D eigenvalue weighted by Gasteiger charge is -2.29. The van der Waals surface area contributed by atoms with Crippen molar-refractivity contribution in [2.24, 2.45) is 0 Å². The lowest BCUT2D eigenvalue weighted by molar-refractivity contribution is 0.0198. The molecule has 0 aliphatic carbocycles. The molecule has 38 heavy (non-hydrogen) atoms. The predicted octanol–water partition coefficient (Wildman–Crippen LogP) is 4.10. The molecule has 220 valence electrons. The van der Waals surface area contributed by atoms with Crippen molar-refractivity contribution in [2.75, 3.05) is 13.1 Å². The van der Waals surface area contributed by atoms with Gasteiger partial charge in [-0.3, -0.25) is 9.80 Å². The van der Waals surface area contributed by atoms with Gasteiger partial charge in [-0.25, -0.2) is 19.2 Å². The second kappa shape index (κ2) is 14.3. The van der Waals surface area contributed by atoms with Crippen molar-refractivity contribution in [1.29, 1.82) is 0 Å². The van der Waals surface area contributed by atoms with Crippen LogP contribution in [0.3, 0.4) is 0 Å². The van der Waals surface area contributed by atoms with E-state index in [-0.39, 0.29) is 48.7 Å². The predicted molar refractivity (Wildman–Crippen MR) is 146 cm³/mol. The van der Waals surface area contributed by atoms with Crippen molar-refractivity contribution in [1.82, 2.24) is 31.1 Å². The molecule has 6 amide bonds. The summed E-state index contributed by atoms with van der Waals surface area (Å²) >= 11 is 0. The number of hydrogen-bond donors (Lipinski definition) is 4. The molecule has 2 rings (SSSR count). The maximum absolute atomic E-state index is 12.0. The van der Waals surface area contributed by atoms with Gasteiger partial charge in [-0.2, -0.15) is 0 Å². The fourth-order valence-electron chi connectivity index (χ4n) is 3.82. The minimum atomic E-state index is -0.523. The Hall–Kier alpha value is -2.92. The fourth-order valence-corrected chi connectivity index (χ4v) is 3.82. The Labute approximate surface area is 227 Å². The number of rotatable bonds is 4.